The fourth-order valence-corrected chi connectivity index (χ4v) is 5.85. The van der Waals surface area contributed by atoms with Gasteiger partial charge in [-0.05, 0) is 55.6 Å². The molecule has 0 amide bonds. The third-order valence-electron chi connectivity index (χ3n) is 7.19. The number of ether oxygens (including phenoxy) is 1. The molecule has 1 aliphatic heterocycles. The molecule has 3 aromatic heterocycles. The summed E-state index contributed by atoms with van der Waals surface area (Å²) in [4.78, 5) is 32.0. The van der Waals surface area contributed by atoms with Gasteiger partial charge >= 0.3 is 0 Å². The third kappa shape index (κ3) is 6.56. The molecule has 0 radical (unpaired) electrons. The van der Waals surface area contributed by atoms with Crippen molar-refractivity contribution in [3.05, 3.63) is 98.8 Å². The van der Waals surface area contributed by atoms with Gasteiger partial charge in [-0.2, -0.15) is 0 Å². The number of aromatic nitrogens is 4. The lowest BCUT2D eigenvalue weighted by Crippen LogP contribution is -2.35. The maximum atomic E-state index is 13.5. The Kier molecular flexibility index (Phi) is 8.22. The number of benzene rings is 2. The van der Waals surface area contributed by atoms with Crippen LogP contribution in [0.3, 0.4) is 0 Å². The molecule has 0 bridgehead atoms. The number of pyridine rings is 1. The van der Waals surface area contributed by atoms with E-state index in [0.717, 1.165) is 44.2 Å². The molecule has 8 nitrogen and oxygen atoms in total. The normalized spacial score (nSPS) is 14.4. The van der Waals surface area contributed by atoms with E-state index in [1.807, 2.05) is 5.38 Å². The summed E-state index contributed by atoms with van der Waals surface area (Å²) in [6, 6.07) is 16.3. The van der Waals surface area contributed by atoms with Crippen molar-refractivity contribution in [2.45, 2.75) is 26.0 Å². The summed E-state index contributed by atoms with van der Waals surface area (Å²) in [5, 5.41) is 6.60. The highest BCUT2D eigenvalue weighted by Gasteiger charge is 2.20. The van der Waals surface area contributed by atoms with E-state index in [9.17, 15) is 9.18 Å². The molecule has 1 fully saturated rings. The molecule has 1 aliphatic rings. The van der Waals surface area contributed by atoms with Crippen LogP contribution in [0.5, 0.6) is 5.75 Å². The van der Waals surface area contributed by atoms with Crippen LogP contribution in [0.15, 0.2) is 71.0 Å². The molecule has 41 heavy (non-hydrogen) atoms. The zero-order valence-corrected chi connectivity index (χ0v) is 23.7. The van der Waals surface area contributed by atoms with Crippen molar-refractivity contribution >= 4 is 39.0 Å². The number of anilines is 1. The van der Waals surface area contributed by atoms with Crippen LogP contribution < -0.4 is 15.6 Å². The van der Waals surface area contributed by atoms with E-state index in [1.54, 1.807) is 12.3 Å². The Bertz CT molecular complexity index is 1700. The highest BCUT2D eigenvalue weighted by atomic mass is 35.5. The van der Waals surface area contributed by atoms with Gasteiger partial charge in [-0.25, -0.2) is 14.4 Å². The predicted octanol–water partition coefficient (Wildman–Crippen LogP) is 6.14. The van der Waals surface area contributed by atoms with E-state index in [4.69, 9.17) is 21.3 Å². The monoisotopic (exact) mass is 590 g/mol. The lowest BCUT2D eigenvalue weighted by Gasteiger charge is -2.32. The van der Waals surface area contributed by atoms with Crippen molar-refractivity contribution in [3.63, 3.8) is 0 Å². The van der Waals surface area contributed by atoms with Crippen LogP contribution in [0.4, 0.5) is 9.52 Å². The van der Waals surface area contributed by atoms with Crippen molar-refractivity contribution < 1.29 is 9.13 Å². The van der Waals surface area contributed by atoms with Gasteiger partial charge in [-0.3, -0.25) is 14.7 Å². The Morgan fingerprint density at radius 2 is 1.95 bits per heavy atom. The van der Waals surface area contributed by atoms with Gasteiger partial charge in [-0.15, -0.1) is 11.3 Å². The van der Waals surface area contributed by atoms with Crippen molar-refractivity contribution in [3.8, 4) is 17.1 Å². The minimum absolute atomic E-state index is 0.0322. The van der Waals surface area contributed by atoms with Crippen molar-refractivity contribution in [2.24, 2.45) is 5.92 Å². The minimum atomic E-state index is -0.534. The first-order valence-electron chi connectivity index (χ1n) is 13.4. The zero-order valence-electron chi connectivity index (χ0n) is 22.1. The number of aromatic amines is 1. The number of halogens is 2. The summed E-state index contributed by atoms with van der Waals surface area (Å²) in [6.45, 7) is 4.01. The molecule has 0 aliphatic carbocycles. The van der Waals surface area contributed by atoms with Crippen LogP contribution in [0, 0.1) is 11.7 Å². The lowest BCUT2D eigenvalue weighted by molar-refractivity contribution is 0.182. The van der Waals surface area contributed by atoms with Crippen LogP contribution >= 0.6 is 22.9 Å². The molecule has 0 unspecified atom stereocenters. The molecule has 0 spiro atoms. The highest BCUT2D eigenvalue weighted by Crippen LogP contribution is 2.29. The van der Waals surface area contributed by atoms with Crippen LogP contribution in [-0.4, -0.2) is 44.5 Å². The van der Waals surface area contributed by atoms with Gasteiger partial charge in [0.05, 0.1) is 10.4 Å². The van der Waals surface area contributed by atoms with Gasteiger partial charge < -0.3 is 15.0 Å². The number of piperidine rings is 1. The number of thiazole rings is 1. The summed E-state index contributed by atoms with van der Waals surface area (Å²) in [5.74, 6) is 0.726. The highest BCUT2D eigenvalue weighted by molar-refractivity contribution is 7.14. The second kappa shape index (κ2) is 12.3. The van der Waals surface area contributed by atoms with Crippen LogP contribution in [0.1, 0.15) is 24.2 Å². The van der Waals surface area contributed by atoms with E-state index in [0.29, 0.717) is 39.8 Å². The zero-order chi connectivity index (χ0) is 28.2. The first kappa shape index (κ1) is 27.3. The van der Waals surface area contributed by atoms with Crippen molar-refractivity contribution in [1.29, 1.82) is 0 Å². The van der Waals surface area contributed by atoms with E-state index in [2.05, 4.69) is 55.5 Å². The molecule has 210 valence electrons. The van der Waals surface area contributed by atoms with E-state index in [1.165, 1.54) is 35.1 Å². The Morgan fingerprint density at radius 3 is 2.76 bits per heavy atom. The fourth-order valence-electron chi connectivity index (χ4n) is 4.97. The summed E-state index contributed by atoms with van der Waals surface area (Å²) in [6.07, 6.45) is 3.87. The summed E-state index contributed by atoms with van der Waals surface area (Å²) >= 11 is 7.35. The quantitative estimate of drug-likeness (QED) is 0.213. The molecule has 0 saturated carbocycles. The van der Waals surface area contributed by atoms with E-state index >= 15 is 0 Å². The van der Waals surface area contributed by atoms with E-state index < -0.39 is 5.82 Å². The third-order valence-corrected chi connectivity index (χ3v) is 8.27. The lowest BCUT2D eigenvalue weighted by atomic mass is 9.96. The first-order valence-corrected chi connectivity index (χ1v) is 14.7. The molecule has 2 N–H and O–H groups in total. The Balaban J connectivity index is 1.10. The molecule has 4 heterocycles. The van der Waals surface area contributed by atoms with Crippen molar-refractivity contribution in [1.82, 2.24) is 24.8 Å². The molecule has 6 rings (SSSR count). The topological polar surface area (TPSA) is 96.0 Å². The van der Waals surface area contributed by atoms with Gasteiger partial charge in [0.25, 0.3) is 5.56 Å². The number of H-pyrrole nitrogens is 1. The molecular formula is C30H28ClFN6O2S. The van der Waals surface area contributed by atoms with Crippen LogP contribution in [0.2, 0.25) is 5.02 Å². The largest absolute Gasteiger partial charge is 0.486 e. The maximum absolute atomic E-state index is 13.5. The molecule has 0 atom stereocenters. The van der Waals surface area contributed by atoms with Crippen LogP contribution in [0.25, 0.3) is 22.3 Å². The standard InChI is InChI=1S/C30H28ClFN6O2S/c31-23-14-21(6-7-24(23)32)40-17-26-36-27-22(29(39)37-26)8-11-33-28(27)25-18-41-30(35-25)34-15-19-9-12-38(13-10-19)16-20-4-2-1-3-5-20/h1-8,11,14,18-19H,9-10,12-13,15-17H2,(H,34,35)(H,36,37,39). The molecule has 11 heteroatoms. The van der Waals surface area contributed by atoms with Crippen molar-refractivity contribution in [2.75, 3.05) is 25.0 Å². The number of likely N-dealkylation sites (tertiary alicyclic amines) is 1. The average molecular weight is 591 g/mol. The summed E-state index contributed by atoms with van der Waals surface area (Å²) < 4.78 is 19.1. The van der Waals surface area contributed by atoms with Gasteiger partial charge in [-0.1, -0.05) is 41.9 Å². The smallest absolute Gasteiger partial charge is 0.258 e. The average Bonchev–Trinajstić information content (AvgIpc) is 3.47. The van der Waals surface area contributed by atoms with Gasteiger partial charge in [0.2, 0.25) is 0 Å². The molecule has 5 aromatic rings. The Labute approximate surface area is 245 Å². The second-order valence-electron chi connectivity index (χ2n) is 10.1. The number of hydrogen-bond acceptors (Lipinski definition) is 8. The maximum Gasteiger partial charge on any atom is 0.258 e. The molecule has 1 saturated heterocycles. The molecule has 2 aromatic carbocycles. The van der Waals surface area contributed by atoms with Gasteiger partial charge in [0.15, 0.2) is 5.13 Å². The second-order valence-corrected chi connectivity index (χ2v) is 11.3. The number of fused-ring (bicyclic) bond motifs is 1. The number of nitrogens with zero attached hydrogens (tertiary/aromatic N) is 4. The number of nitrogens with one attached hydrogen (secondary N) is 2. The SMILES string of the molecule is O=c1[nH]c(COc2ccc(F)c(Cl)c2)nc2c(-c3csc(NCC4CCN(Cc5ccccc5)CC4)n3)nccc12. The molecular weight excluding hydrogens is 563 g/mol. The van der Waals surface area contributed by atoms with E-state index in [-0.39, 0.29) is 17.2 Å². The number of rotatable bonds is 9. The van der Waals surface area contributed by atoms with Gasteiger partial charge in [0.1, 0.15) is 40.9 Å². The summed E-state index contributed by atoms with van der Waals surface area (Å²) in [5.41, 5.74) is 2.67. The van der Waals surface area contributed by atoms with Gasteiger partial charge in [0, 0.05) is 30.7 Å². The first-order chi connectivity index (χ1) is 20.0. The van der Waals surface area contributed by atoms with Crippen LogP contribution in [-0.2, 0) is 13.2 Å². The predicted molar refractivity (Wildman–Crippen MR) is 160 cm³/mol. The Morgan fingerprint density at radius 1 is 1.12 bits per heavy atom. The minimum Gasteiger partial charge on any atom is -0.486 e. The fraction of sp³-hybridized carbons (Fsp3) is 0.267. The summed E-state index contributed by atoms with van der Waals surface area (Å²) in [7, 11) is 0. The number of hydrogen-bond donors (Lipinski definition) is 2. The Hall–Kier alpha value is -3.86.